The Hall–Kier alpha value is -0.710. The van der Waals surface area contributed by atoms with Crippen LogP contribution in [0.3, 0.4) is 0 Å². The number of halogens is 1. The number of nitrogens with zero attached hydrogens (tertiary/aromatic N) is 2. The van der Waals surface area contributed by atoms with E-state index in [-0.39, 0.29) is 11.5 Å². The van der Waals surface area contributed by atoms with E-state index in [1.165, 1.54) is 6.92 Å². The zero-order chi connectivity index (χ0) is 10.5. The van der Waals surface area contributed by atoms with Crippen molar-refractivity contribution in [1.29, 1.82) is 10.5 Å². The van der Waals surface area contributed by atoms with Crippen molar-refractivity contribution in [2.45, 2.75) is 18.7 Å². The van der Waals surface area contributed by atoms with E-state index in [1.807, 2.05) is 6.07 Å². The monoisotopic (exact) mass is 216 g/mol. The molecule has 3 nitrogen and oxygen atoms in total. The lowest BCUT2D eigenvalue weighted by atomic mass is 9.89. The Labute approximate surface area is 86.7 Å². The van der Waals surface area contributed by atoms with Crippen LogP contribution < -0.4 is 0 Å². The minimum atomic E-state index is -1.15. The van der Waals surface area contributed by atoms with Crippen molar-refractivity contribution < 1.29 is 4.79 Å². The minimum absolute atomic E-state index is 0.0707. The zero-order valence-corrected chi connectivity index (χ0v) is 8.95. The van der Waals surface area contributed by atoms with Gasteiger partial charge in [0.2, 0.25) is 5.12 Å². The molecule has 0 aliphatic rings. The maximum atomic E-state index is 11.3. The zero-order valence-electron chi connectivity index (χ0n) is 7.37. The maximum absolute atomic E-state index is 11.3. The summed E-state index contributed by atoms with van der Waals surface area (Å²) in [5, 5.41) is 16.2. The number of hydrogen-bond donors (Lipinski definition) is 0. The minimum Gasteiger partial charge on any atom is -0.285 e. The lowest BCUT2D eigenvalue weighted by Gasteiger charge is -2.18. The first-order chi connectivity index (χ1) is 6.00. The van der Waals surface area contributed by atoms with Gasteiger partial charge in [0.1, 0.15) is 10.8 Å². The SMILES string of the molecule is CSC(=O)[C@](C)(C#N)C[C@H](Cl)C#N. The summed E-state index contributed by atoms with van der Waals surface area (Å²) < 4.78 is 0. The van der Waals surface area contributed by atoms with Crippen molar-refractivity contribution >= 4 is 28.5 Å². The quantitative estimate of drug-likeness (QED) is 0.677. The Morgan fingerprint density at radius 1 is 1.69 bits per heavy atom. The fourth-order valence-electron chi connectivity index (χ4n) is 0.804. The molecule has 13 heavy (non-hydrogen) atoms. The second kappa shape index (κ2) is 5.11. The number of nitriles is 2. The smallest absolute Gasteiger partial charge is 0.208 e. The highest BCUT2D eigenvalue weighted by Gasteiger charge is 2.34. The average Bonchev–Trinajstić information content (AvgIpc) is 2.15. The molecule has 0 saturated heterocycles. The maximum Gasteiger partial charge on any atom is 0.208 e. The van der Waals surface area contributed by atoms with Gasteiger partial charge in [-0.3, -0.25) is 4.79 Å². The molecule has 5 heteroatoms. The van der Waals surface area contributed by atoms with Gasteiger partial charge in [-0.15, -0.1) is 11.6 Å². The van der Waals surface area contributed by atoms with Crippen LogP contribution in [0.5, 0.6) is 0 Å². The molecule has 0 aliphatic heterocycles. The predicted octanol–water partition coefficient (Wildman–Crippen LogP) is 1.93. The molecule has 0 heterocycles. The Morgan fingerprint density at radius 3 is 2.54 bits per heavy atom. The van der Waals surface area contributed by atoms with Crippen LogP contribution in [0, 0.1) is 28.1 Å². The second-order valence-corrected chi connectivity index (χ2v) is 4.04. The van der Waals surface area contributed by atoms with E-state index in [1.54, 1.807) is 12.3 Å². The van der Waals surface area contributed by atoms with Gasteiger partial charge in [0, 0.05) is 6.42 Å². The first kappa shape index (κ1) is 12.3. The molecule has 0 aromatic heterocycles. The number of thioether (sulfide) groups is 1. The van der Waals surface area contributed by atoms with Gasteiger partial charge in [-0.1, -0.05) is 11.8 Å². The highest BCUT2D eigenvalue weighted by molar-refractivity contribution is 8.13. The van der Waals surface area contributed by atoms with Crippen molar-refractivity contribution in [3.8, 4) is 12.1 Å². The first-order valence-electron chi connectivity index (χ1n) is 3.53. The lowest BCUT2D eigenvalue weighted by Crippen LogP contribution is -2.26. The third-order valence-electron chi connectivity index (χ3n) is 1.61. The molecular weight excluding hydrogens is 208 g/mol. The number of carbonyl (C=O) groups is 1. The van der Waals surface area contributed by atoms with E-state index in [2.05, 4.69) is 0 Å². The van der Waals surface area contributed by atoms with Crippen LogP contribution in [-0.4, -0.2) is 16.7 Å². The number of alkyl halides is 1. The standard InChI is InChI=1S/C8H9ClN2OS/c1-8(5-11,7(12)13-2)3-6(9)4-10/h6H,3H2,1-2H3/t6-,8-/m0/s1. The van der Waals surface area contributed by atoms with Gasteiger partial charge in [-0.05, 0) is 13.2 Å². The van der Waals surface area contributed by atoms with Crippen molar-refractivity contribution in [3.05, 3.63) is 0 Å². The van der Waals surface area contributed by atoms with Crippen LogP contribution in [0.1, 0.15) is 13.3 Å². The second-order valence-electron chi connectivity index (χ2n) is 2.74. The molecule has 0 fully saturated rings. The van der Waals surface area contributed by atoms with Crippen LogP contribution in [-0.2, 0) is 4.79 Å². The van der Waals surface area contributed by atoms with E-state index < -0.39 is 10.8 Å². The van der Waals surface area contributed by atoms with Crippen molar-refractivity contribution in [2.75, 3.05) is 6.26 Å². The van der Waals surface area contributed by atoms with Crippen molar-refractivity contribution in [2.24, 2.45) is 5.41 Å². The van der Waals surface area contributed by atoms with E-state index in [0.717, 1.165) is 11.8 Å². The normalized spacial score (nSPS) is 16.4. The highest BCUT2D eigenvalue weighted by atomic mass is 35.5. The molecule has 0 bridgehead atoms. The number of hydrogen-bond acceptors (Lipinski definition) is 4. The fraction of sp³-hybridized carbons (Fsp3) is 0.625. The van der Waals surface area contributed by atoms with Gasteiger partial charge in [0.05, 0.1) is 12.1 Å². The van der Waals surface area contributed by atoms with Crippen molar-refractivity contribution in [3.63, 3.8) is 0 Å². The molecule has 0 saturated carbocycles. The third kappa shape index (κ3) is 3.26. The first-order valence-corrected chi connectivity index (χ1v) is 5.19. The summed E-state index contributed by atoms with van der Waals surface area (Å²) in [6.07, 6.45) is 1.68. The fourth-order valence-corrected chi connectivity index (χ4v) is 1.69. The van der Waals surface area contributed by atoms with E-state index in [9.17, 15) is 4.79 Å². The molecule has 70 valence electrons. The van der Waals surface area contributed by atoms with E-state index in [0.29, 0.717) is 0 Å². The Bertz CT molecular complexity index is 281. The summed E-state index contributed by atoms with van der Waals surface area (Å²) in [5.74, 6) is 0. The molecule has 0 aliphatic carbocycles. The summed E-state index contributed by atoms with van der Waals surface area (Å²) in [7, 11) is 0. The molecule has 0 aromatic rings. The van der Waals surface area contributed by atoms with Crippen LogP contribution in [0.2, 0.25) is 0 Å². The van der Waals surface area contributed by atoms with Gasteiger partial charge in [0.15, 0.2) is 0 Å². The molecule has 0 amide bonds. The molecule has 0 spiro atoms. The van der Waals surface area contributed by atoms with Gasteiger partial charge in [-0.2, -0.15) is 10.5 Å². The van der Waals surface area contributed by atoms with Crippen LogP contribution in [0.25, 0.3) is 0 Å². The average molecular weight is 217 g/mol. The molecular formula is C8H9ClN2OS. The van der Waals surface area contributed by atoms with Gasteiger partial charge in [-0.25, -0.2) is 0 Å². The Kier molecular flexibility index (Phi) is 4.83. The van der Waals surface area contributed by atoms with E-state index >= 15 is 0 Å². The lowest BCUT2D eigenvalue weighted by molar-refractivity contribution is -0.116. The number of carbonyl (C=O) groups excluding carboxylic acids is 1. The largest absolute Gasteiger partial charge is 0.285 e. The predicted molar refractivity (Wildman–Crippen MR) is 52.1 cm³/mol. The summed E-state index contributed by atoms with van der Waals surface area (Å²) in [6.45, 7) is 1.50. The summed E-state index contributed by atoms with van der Waals surface area (Å²) in [4.78, 5) is 11.3. The molecule has 0 rings (SSSR count). The number of rotatable bonds is 3. The van der Waals surface area contributed by atoms with Gasteiger partial charge < -0.3 is 0 Å². The van der Waals surface area contributed by atoms with E-state index in [4.69, 9.17) is 22.1 Å². The van der Waals surface area contributed by atoms with Gasteiger partial charge in [0.25, 0.3) is 0 Å². The third-order valence-corrected chi connectivity index (χ3v) is 2.68. The summed E-state index contributed by atoms with van der Waals surface area (Å²) in [6, 6.07) is 3.68. The van der Waals surface area contributed by atoms with Crippen LogP contribution in [0.4, 0.5) is 0 Å². The molecule has 2 atom stereocenters. The molecule has 0 N–H and O–H groups in total. The Balaban J connectivity index is 4.60. The summed E-state index contributed by atoms with van der Waals surface area (Å²) in [5.41, 5.74) is -1.15. The van der Waals surface area contributed by atoms with Gasteiger partial charge >= 0.3 is 0 Å². The molecule has 0 aromatic carbocycles. The topological polar surface area (TPSA) is 64.7 Å². The Morgan fingerprint density at radius 2 is 2.23 bits per heavy atom. The van der Waals surface area contributed by atoms with Crippen LogP contribution >= 0.6 is 23.4 Å². The highest BCUT2D eigenvalue weighted by Crippen LogP contribution is 2.29. The van der Waals surface area contributed by atoms with Crippen molar-refractivity contribution in [1.82, 2.24) is 0 Å². The molecule has 0 unspecified atom stereocenters. The van der Waals surface area contributed by atoms with Crippen LogP contribution in [0.15, 0.2) is 0 Å². The summed E-state index contributed by atoms with van der Waals surface area (Å²) >= 11 is 6.54. The molecule has 0 radical (unpaired) electrons.